The molecule has 0 spiro atoms. The maximum absolute atomic E-state index is 12.0. The summed E-state index contributed by atoms with van der Waals surface area (Å²) in [6.07, 6.45) is 0.293. The van der Waals surface area contributed by atoms with E-state index in [-0.39, 0.29) is 19.4 Å². The van der Waals surface area contributed by atoms with Crippen LogP contribution in [-0.4, -0.2) is 33.8 Å². The lowest BCUT2D eigenvalue weighted by Crippen LogP contribution is -2.37. The van der Waals surface area contributed by atoms with E-state index in [4.69, 9.17) is 0 Å². The van der Waals surface area contributed by atoms with Gasteiger partial charge in [0.1, 0.15) is 0 Å². The molecule has 1 atom stereocenters. The van der Waals surface area contributed by atoms with Gasteiger partial charge in [0.05, 0.1) is 18.9 Å². The highest BCUT2D eigenvalue weighted by molar-refractivity contribution is 5.78. The Labute approximate surface area is 134 Å². The van der Waals surface area contributed by atoms with Crippen LogP contribution in [0.4, 0.5) is 0 Å². The molecule has 0 bridgehead atoms. The fourth-order valence-electron chi connectivity index (χ4n) is 2.30. The minimum Gasteiger partial charge on any atom is -0.481 e. The summed E-state index contributed by atoms with van der Waals surface area (Å²) in [5, 5.41) is 19.7. The first kappa shape index (κ1) is 16.7. The standard InChI is InChI=1S/C18H19NO4/c20-17(12-15-9-5-2-6-10-15)19(23)13-16(18(21)22)11-14-7-3-1-4-8-14/h1-10,16,23H,11-13H2,(H,21,22). The lowest BCUT2D eigenvalue weighted by atomic mass is 9.99. The molecular weight excluding hydrogens is 294 g/mol. The summed E-state index contributed by atoms with van der Waals surface area (Å²) >= 11 is 0. The predicted molar refractivity (Wildman–Crippen MR) is 84.9 cm³/mol. The van der Waals surface area contributed by atoms with E-state index in [1.807, 2.05) is 36.4 Å². The van der Waals surface area contributed by atoms with Crippen LogP contribution >= 0.6 is 0 Å². The maximum atomic E-state index is 12.0. The van der Waals surface area contributed by atoms with Gasteiger partial charge in [-0.3, -0.25) is 14.8 Å². The third-order valence-corrected chi connectivity index (χ3v) is 3.55. The van der Waals surface area contributed by atoms with E-state index in [0.717, 1.165) is 11.1 Å². The van der Waals surface area contributed by atoms with Crippen molar-refractivity contribution in [3.05, 3.63) is 71.8 Å². The molecule has 2 aromatic carbocycles. The van der Waals surface area contributed by atoms with Crippen LogP contribution in [0.15, 0.2) is 60.7 Å². The fraction of sp³-hybridized carbons (Fsp3) is 0.222. The molecule has 0 aromatic heterocycles. The number of hydrogen-bond donors (Lipinski definition) is 2. The summed E-state index contributed by atoms with van der Waals surface area (Å²) < 4.78 is 0. The first-order chi connectivity index (χ1) is 11.1. The van der Waals surface area contributed by atoms with Gasteiger partial charge < -0.3 is 5.11 Å². The van der Waals surface area contributed by atoms with Gasteiger partial charge in [0.15, 0.2) is 0 Å². The quantitative estimate of drug-likeness (QED) is 0.608. The van der Waals surface area contributed by atoms with Crippen LogP contribution in [-0.2, 0) is 22.4 Å². The summed E-state index contributed by atoms with van der Waals surface area (Å²) in [5.41, 5.74) is 1.62. The van der Waals surface area contributed by atoms with Crippen LogP contribution in [0.2, 0.25) is 0 Å². The van der Waals surface area contributed by atoms with Gasteiger partial charge in [-0.15, -0.1) is 0 Å². The van der Waals surface area contributed by atoms with E-state index >= 15 is 0 Å². The van der Waals surface area contributed by atoms with Gasteiger partial charge in [0, 0.05) is 0 Å². The number of nitrogens with zero attached hydrogens (tertiary/aromatic N) is 1. The van der Waals surface area contributed by atoms with Crippen molar-refractivity contribution < 1.29 is 19.9 Å². The molecule has 2 rings (SSSR count). The second-order valence-electron chi connectivity index (χ2n) is 5.36. The first-order valence-electron chi connectivity index (χ1n) is 7.36. The van der Waals surface area contributed by atoms with Crippen LogP contribution in [0.5, 0.6) is 0 Å². The topological polar surface area (TPSA) is 77.8 Å². The Morgan fingerprint density at radius 1 is 0.913 bits per heavy atom. The van der Waals surface area contributed by atoms with Crippen LogP contribution in [0.1, 0.15) is 11.1 Å². The summed E-state index contributed by atoms with van der Waals surface area (Å²) in [6.45, 7) is -0.240. The number of benzene rings is 2. The average molecular weight is 313 g/mol. The number of amides is 1. The Morgan fingerprint density at radius 2 is 1.43 bits per heavy atom. The second-order valence-corrected chi connectivity index (χ2v) is 5.36. The van der Waals surface area contributed by atoms with E-state index in [2.05, 4.69) is 0 Å². The van der Waals surface area contributed by atoms with Gasteiger partial charge in [0.25, 0.3) is 0 Å². The van der Waals surface area contributed by atoms with Gasteiger partial charge in [-0.1, -0.05) is 60.7 Å². The van der Waals surface area contributed by atoms with Crippen LogP contribution in [0.25, 0.3) is 0 Å². The van der Waals surface area contributed by atoms with E-state index < -0.39 is 17.8 Å². The monoisotopic (exact) mass is 313 g/mol. The molecule has 5 heteroatoms. The largest absolute Gasteiger partial charge is 0.481 e. The van der Waals surface area contributed by atoms with Gasteiger partial charge in [0.2, 0.25) is 5.91 Å². The minimum absolute atomic E-state index is 0.0367. The van der Waals surface area contributed by atoms with E-state index in [1.165, 1.54) is 0 Å². The van der Waals surface area contributed by atoms with Crippen molar-refractivity contribution in [1.82, 2.24) is 5.06 Å². The first-order valence-corrected chi connectivity index (χ1v) is 7.36. The molecule has 0 saturated heterocycles. The number of aliphatic carboxylic acids is 1. The maximum Gasteiger partial charge on any atom is 0.308 e. The van der Waals surface area contributed by atoms with Crippen molar-refractivity contribution in [2.75, 3.05) is 6.54 Å². The summed E-state index contributed by atoms with van der Waals surface area (Å²) in [5.74, 6) is -2.42. The molecule has 0 fully saturated rings. The van der Waals surface area contributed by atoms with E-state index in [1.54, 1.807) is 24.3 Å². The molecule has 120 valence electrons. The van der Waals surface area contributed by atoms with Gasteiger partial charge in [-0.05, 0) is 17.5 Å². The smallest absolute Gasteiger partial charge is 0.308 e. The fourth-order valence-corrected chi connectivity index (χ4v) is 2.30. The van der Waals surface area contributed by atoms with Crippen molar-refractivity contribution in [3.63, 3.8) is 0 Å². The zero-order valence-corrected chi connectivity index (χ0v) is 12.6. The third-order valence-electron chi connectivity index (χ3n) is 3.55. The van der Waals surface area contributed by atoms with Crippen LogP contribution in [0, 0.1) is 5.92 Å². The molecule has 5 nitrogen and oxygen atoms in total. The number of carboxylic acids is 1. The molecule has 2 aromatic rings. The Bertz CT molecular complexity index is 643. The van der Waals surface area contributed by atoms with Crippen LogP contribution < -0.4 is 0 Å². The van der Waals surface area contributed by atoms with E-state index in [0.29, 0.717) is 5.06 Å². The lowest BCUT2D eigenvalue weighted by molar-refractivity contribution is -0.170. The number of carbonyl (C=O) groups excluding carboxylic acids is 1. The highest BCUT2D eigenvalue weighted by Crippen LogP contribution is 2.11. The average Bonchev–Trinajstić information content (AvgIpc) is 2.56. The number of carbonyl (C=O) groups is 2. The predicted octanol–water partition coefficient (Wildman–Crippen LogP) is 2.39. The Balaban J connectivity index is 1.96. The molecule has 1 amide bonds. The van der Waals surface area contributed by atoms with E-state index in [9.17, 15) is 19.9 Å². The normalized spacial score (nSPS) is 11.7. The summed E-state index contributed by atoms with van der Waals surface area (Å²) in [4.78, 5) is 23.4. The number of hydrogen-bond acceptors (Lipinski definition) is 3. The van der Waals surface area contributed by atoms with Crippen LogP contribution in [0.3, 0.4) is 0 Å². The Hall–Kier alpha value is -2.66. The molecule has 0 aliphatic carbocycles. The highest BCUT2D eigenvalue weighted by atomic mass is 16.5. The molecule has 0 saturated carbocycles. The van der Waals surface area contributed by atoms with Gasteiger partial charge in [-0.2, -0.15) is 0 Å². The highest BCUT2D eigenvalue weighted by Gasteiger charge is 2.23. The van der Waals surface area contributed by atoms with Crippen molar-refractivity contribution in [2.24, 2.45) is 5.92 Å². The molecule has 2 N–H and O–H groups in total. The summed E-state index contributed by atoms with van der Waals surface area (Å²) in [6, 6.07) is 18.2. The zero-order valence-electron chi connectivity index (χ0n) is 12.6. The molecule has 0 radical (unpaired) electrons. The molecule has 0 heterocycles. The molecule has 1 unspecified atom stereocenters. The van der Waals surface area contributed by atoms with Gasteiger partial charge in [-0.25, -0.2) is 5.06 Å². The molecule has 0 aliphatic rings. The summed E-state index contributed by atoms with van der Waals surface area (Å²) in [7, 11) is 0. The Morgan fingerprint density at radius 3 is 1.96 bits per heavy atom. The number of rotatable bonds is 7. The third kappa shape index (κ3) is 5.23. The van der Waals surface area contributed by atoms with Crippen molar-refractivity contribution in [2.45, 2.75) is 12.8 Å². The molecule has 23 heavy (non-hydrogen) atoms. The minimum atomic E-state index is -1.04. The SMILES string of the molecule is O=C(O)C(Cc1ccccc1)CN(O)C(=O)Cc1ccccc1. The van der Waals surface area contributed by atoms with Crippen molar-refractivity contribution in [3.8, 4) is 0 Å². The van der Waals surface area contributed by atoms with Crippen molar-refractivity contribution in [1.29, 1.82) is 0 Å². The number of carboxylic acid groups (broad SMARTS) is 1. The zero-order chi connectivity index (χ0) is 16.7. The van der Waals surface area contributed by atoms with Gasteiger partial charge >= 0.3 is 5.97 Å². The molecular formula is C18H19NO4. The number of hydroxylamine groups is 2. The Kier molecular flexibility index (Phi) is 5.88. The lowest BCUT2D eigenvalue weighted by Gasteiger charge is -2.20. The second kappa shape index (κ2) is 8.10. The van der Waals surface area contributed by atoms with Crippen molar-refractivity contribution >= 4 is 11.9 Å². The molecule has 0 aliphatic heterocycles.